The Hall–Kier alpha value is -3.07. The van der Waals surface area contributed by atoms with Gasteiger partial charge in [-0.1, -0.05) is 30.3 Å². The van der Waals surface area contributed by atoms with Crippen molar-refractivity contribution in [1.82, 2.24) is 5.32 Å². The number of nitrogens with one attached hydrogen (secondary N) is 1. The van der Waals surface area contributed by atoms with E-state index in [1.165, 1.54) is 0 Å². The molecule has 0 saturated carbocycles. The molecule has 0 aromatic heterocycles. The fourth-order valence-electron chi connectivity index (χ4n) is 3.58. The van der Waals surface area contributed by atoms with Gasteiger partial charge in [0.05, 0.1) is 19.8 Å². The average molecular weight is 441 g/mol. The lowest BCUT2D eigenvalue weighted by Crippen LogP contribution is -2.34. The maximum absolute atomic E-state index is 12.6. The number of amides is 1. The number of fused-ring (bicyclic) bond motifs is 1. The molecule has 2 heterocycles. The van der Waals surface area contributed by atoms with Crippen LogP contribution in [-0.4, -0.2) is 44.4 Å². The molecule has 2 aromatic rings. The van der Waals surface area contributed by atoms with Crippen LogP contribution in [0.25, 0.3) is 0 Å². The smallest absolute Gasteiger partial charge is 0.286 e. The fourth-order valence-corrected chi connectivity index (χ4v) is 3.58. The van der Waals surface area contributed by atoms with Gasteiger partial charge in [-0.05, 0) is 34.9 Å². The Morgan fingerprint density at radius 2 is 1.91 bits per heavy atom. The highest BCUT2D eigenvalue weighted by Gasteiger charge is 2.29. The Morgan fingerprint density at radius 3 is 2.69 bits per heavy atom. The maximum atomic E-state index is 12.6. The van der Waals surface area contributed by atoms with Crippen molar-refractivity contribution < 1.29 is 33.6 Å². The van der Waals surface area contributed by atoms with Crippen molar-refractivity contribution in [3.63, 3.8) is 0 Å². The van der Waals surface area contributed by atoms with Gasteiger partial charge in [0, 0.05) is 26.0 Å². The van der Waals surface area contributed by atoms with Crippen LogP contribution in [0.15, 0.2) is 54.3 Å². The summed E-state index contributed by atoms with van der Waals surface area (Å²) in [4.78, 5) is 12.6. The second-order valence-electron chi connectivity index (χ2n) is 7.57. The highest BCUT2D eigenvalue weighted by Crippen LogP contribution is 2.38. The van der Waals surface area contributed by atoms with Crippen LogP contribution in [-0.2, 0) is 32.2 Å². The molecule has 0 bridgehead atoms. The van der Waals surface area contributed by atoms with E-state index < -0.39 is 6.29 Å². The minimum atomic E-state index is -0.601. The number of allylic oxidation sites excluding steroid dienone is 1. The molecule has 2 aliphatic heterocycles. The maximum Gasteiger partial charge on any atom is 0.286 e. The minimum Gasteiger partial charge on any atom is -0.459 e. The van der Waals surface area contributed by atoms with E-state index in [9.17, 15) is 9.90 Å². The van der Waals surface area contributed by atoms with Gasteiger partial charge in [-0.25, -0.2) is 0 Å². The number of methoxy groups -OCH3 is 1. The van der Waals surface area contributed by atoms with Crippen molar-refractivity contribution in [1.29, 1.82) is 0 Å². The van der Waals surface area contributed by atoms with Gasteiger partial charge in [0.2, 0.25) is 13.1 Å². The van der Waals surface area contributed by atoms with E-state index in [-0.39, 0.29) is 31.0 Å². The number of carbonyl (C=O) groups is 1. The molecule has 2 aromatic carbocycles. The molecule has 2 aliphatic rings. The zero-order chi connectivity index (χ0) is 22.3. The quantitative estimate of drug-likeness (QED) is 0.578. The normalized spacial score (nSPS) is 19.2. The standard InChI is InChI=1S/C24H27NO7/c1-28-9-8-25-24(27)22-11-19(18-6-7-20-21(10-18)31-15-30-20)12-23(32-22)29-14-17-4-2-16(13-26)3-5-17/h2-7,10-11,19,23,26H,8-9,12-15H2,1H3,(H,25,27)/t19-,23+/m1/s1. The number of rotatable bonds is 9. The summed E-state index contributed by atoms with van der Waals surface area (Å²) in [6.07, 6.45) is 1.76. The molecular formula is C24H27NO7. The van der Waals surface area contributed by atoms with E-state index in [0.29, 0.717) is 37.7 Å². The SMILES string of the molecule is COCCNC(=O)C1=C[C@@H](c2ccc3c(c2)OCO3)C[C@@H](OCc2ccc(CO)cc2)O1. The Balaban J connectivity index is 1.48. The van der Waals surface area contributed by atoms with Crippen molar-refractivity contribution in [2.75, 3.05) is 27.1 Å². The zero-order valence-corrected chi connectivity index (χ0v) is 17.9. The number of benzene rings is 2. The molecule has 0 fully saturated rings. The number of aliphatic hydroxyl groups is 1. The molecular weight excluding hydrogens is 414 g/mol. The number of ether oxygens (including phenoxy) is 5. The van der Waals surface area contributed by atoms with E-state index >= 15 is 0 Å². The number of aliphatic hydroxyl groups excluding tert-OH is 1. The van der Waals surface area contributed by atoms with Crippen LogP contribution in [0.3, 0.4) is 0 Å². The van der Waals surface area contributed by atoms with Crippen LogP contribution in [0.5, 0.6) is 11.5 Å². The van der Waals surface area contributed by atoms with Crippen LogP contribution in [0.2, 0.25) is 0 Å². The van der Waals surface area contributed by atoms with E-state index in [2.05, 4.69) is 5.32 Å². The summed E-state index contributed by atoms with van der Waals surface area (Å²) >= 11 is 0. The first kappa shape index (κ1) is 22.1. The Labute approximate surface area is 186 Å². The third-order valence-electron chi connectivity index (χ3n) is 5.34. The lowest BCUT2D eigenvalue weighted by molar-refractivity contribution is -0.150. The van der Waals surface area contributed by atoms with Gasteiger partial charge < -0.3 is 34.1 Å². The van der Waals surface area contributed by atoms with Gasteiger partial charge >= 0.3 is 0 Å². The summed E-state index contributed by atoms with van der Waals surface area (Å²) in [7, 11) is 1.58. The molecule has 0 aliphatic carbocycles. The average Bonchev–Trinajstić information content (AvgIpc) is 3.31. The van der Waals surface area contributed by atoms with Gasteiger partial charge in [0.1, 0.15) is 0 Å². The lowest BCUT2D eigenvalue weighted by atomic mass is 9.92. The summed E-state index contributed by atoms with van der Waals surface area (Å²) < 4.78 is 27.8. The highest BCUT2D eigenvalue weighted by atomic mass is 16.7. The highest BCUT2D eigenvalue weighted by molar-refractivity contribution is 5.91. The van der Waals surface area contributed by atoms with Crippen LogP contribution >= 0.6 is 0 Å². The largest absolute Gasteiger partial charge is 0.459 e. The second kappa shape index (κ2) is 10.5. The van der Waals surface area contributed by atoms with Crippen LogP contribution in [0.1, 0.15) is 29.0 Å². The molecule has 0 unspecified atom stereocenters. The Morgan fingerprint density at radius 1 is 1.12 bits per heavy atom. The van der Waals surface area contributed by atoms with Gasteiger partial charge in [-0.15, -0.1) is 0 Å². The monoisotopic (exact) mass is 441 g/mol. The number of hydrogen-bond acceptors (Lipinski definition) is 7. The van der Waals surface area contributed by atoms with Gasteiger partial charge in [-0.2, -0.15) is 0 Å². The van der Waals surface area contributed by atoms with E-state index in [1.54, 1.807) is 7.11 Å². The third-order valence-corrected chi connectivity index (χ3v) is 5.34. The van der Waals surface area contributed by atoms with Crippen LogP contribution in [0.4, 0.5) is 0 Å². The van der Waals surface area contributed by atoms with Crippen molar-refractivity contribution >= 4 is 5.91 Å². The Kier molecular flexibility index (Phi) is 7.26. The van der Waals surface area contributed by atoms with E-state index in [1.807, 2.05) is 48.5 Å². The first-order valence-corrected chi connectivity index (χ1v) is 10.5. The molecule has 0 spiro atoms. The van der Waals surface area contributed by atoms with Crippen molar-refractivity contribution in [2.45, 2.75) is 31.8 Å². The molecule has 4 rings (SSSR count). The molecule has 8 nitrogen and oxygen atoms in total. The van der Waals surface area contributed by atoms with Gasteiger partial charge in [0.25, 0.3) is 5.91 Å². The topological polar surface area (TPSA) is 95.5 Å². The minimum absolute atomic E-state index is 0.00355. The second-order valence-corrected chi connectivity index (χ2v) is 7.57. The third kappa shape index (κ3) is 5.40. The molecule has 0 radical (unpaired) electrons. The summed E-state index contributed by atoms with van der Waals surface area (Å²) in [6, 6.07) is 13.3. The van der Waals surface area contributed by atoms with Crippen LogP contribution in [0, 0.1) is 0 Å². The van der Waals surface area contributed by atoms with E-state index in [0.717, 1.165) is 16.7 Å². The van der Waals surface area contributed by atoms with Crippen molar-refractivity contribution in [3.05, 3.63) is 71.0 Å². The van der Waals surface area contributed by atoms with Gasteiger partial charge in [-0.3, -0.25) is 4.79 Å². The van der Waals surface area contributed by atoms with Gasteiger partial charge in [0.15, 0.2) is 17.3 Å². The Bertz CT molecular complexity index is 957. The molecule has 1 amide bonds. The molecule has 170 valence electrons. The molecule has 2 N–H and O–H groups in total. The van der Waals surface area contributed by atoms with Crippen LogP contribution < -0.4 is 14.8 Å². The predicted octanol–water partition coefficient (Wildman–Crippen LogP) is 2.60. The van der Waals surface area contributed by atoms with Crippen molar-refractivity contribution in [2.24, 2.45) is 0 Å². The summed E-state index contributed by atoms with van der Waals surface area (Å²) in [5.74, 6) is 1.21. The van der Waals surface area contributed by atoms with Crippen molar-refractivity contribution in [3.8, 4) is 11.5 Å². The summed E-state index contributed by atoms with van der Waals surface area (Å²) in [5, 5.41) is 12.0. The summed E-state index contributed by atoms with van der Waals surface area (Å²) in [5.41, 5.74) is 2.77. The molecule has 2 atom stereocenters. The molecule has 32 heavy (non-hydrogen) atoms. The number of hydrogen-bond donors (Lipinski definition) is 2. The first-order chi connectivity index (χ1) is 15.7. The first-order valence-electron chi connectivity index (χ1n) is 10.5. The van der Waals surface area contributed by atoms with E-state index in [4.69, 9.17) is 23.7 Å². The lowest BCUT2D eigenvalue weighted by Gasteiger charge is -2.29. The zero-order valence-electron chi connectivity index (χ0n) is 17.9. The predicted molar refractivity (Wildman–Crippen MR) is 115 cm³/mol. The molecule has 0 saturated heterocycles. The molecule has 8 heteroatoms. The summed E-state index contributed by atoms with van der Waals surface area (Å²) in [6.45, 7) is 1.32. The fraction of sp³-hybridized carbons (Fsp3) is 0.375. The number of carbonyl (C=O) groups excluding carboxylic acids is 1.